The average molecular weight is 203 g/mol. The number of hydrogen-bond donors (Lipinski definition) is 0. The second kappa shape index (κ2) is 3.69. The van der Waals surface area contributed by atoms with Gasteiger partial charge in [-0.15, -0.1) is 0 Å². The van der Waals surface area contributed by atoms with Gasteiger partial charge in [0, 0.05) is 11.9 Å². The SMILES string of the molecule is Cc1cc(F)ccc1-n1cccc1C=O. The number of aromatic nitrogens is 1. The first kappa shape index (κ1) is 9.65. The zero-order valence-corrected chi connectivity index (χ0v) is 8.27. The first-order valence-corrected chi connectivity index (χ1v) is 4.61. The summed E-state index contributed by atoms with van der Waals surface area (Å²) in [5.41, 5.74) is 2.18. The van der Waals surface area contributed by atoms with Gasteiger partial charge >= 0.3 is 0 Å². The molecule has 0 amide bonds. The van der Waals surface area contributed by atoms with Crippen molar-refractivity contribution in [2.75, 3.05) is 0 Å². The number of hydrogen-bond acceptors (Lipinski definition) is 1. The molecule has 0 aliphatic rings. The number of halogens is 1. The molecule has 15 heavy (non-hydrogen) atoms. The molecule has 1 heterocycles. The fraction of sp³-hybridized carbons (Fsp3) is 0.0833. The Hall–Kier alpha value is -1.90. The van der Waals surface area contributed by atoms with E-state index in [9.17, 15) is 9.18 Å². The van der Waals surface area contributed by atoms with Gasteiger partial charge in [0.15, 0.2) is 6.29 Å². The molecule has 0 fully saturated rings. The lowest BCUT2D eigenvalue weighted by Crippen LogP contribution is -2.00. The van der Waals surface area contributed by atoms with E-state index in [-0.39, 0.29) is 5.82 Å². The molecule has 2 rings (SSSR count). The van der Waals surface area contributed by atoms with Gasteiger partial charge in [0.05, 0.1) is 5.69 Å². The van der Waals surface area contributed by atoms with Crippen LogP contribution in [0.25, 0.3) is 5.69 Å². The van der Waals surface area contributed by atoms with Gasteiger partial charge in [0.25, 0.3) is 0 Å². The summed E-state index contributed by atoms with van der Waals surface area (Å²) in [5, 5.41) is 0. The third-order valence-corrected chi connectivity index (χ3v) is 2.32. The van der Waals surface area contributed by atoms with Gasteiger partial charge in [-0.1, -0.05) is 0 Å². The molecule has 76 valence electrons. The third-order valence-electron chi connectivity index (χ3n) is 2.32. The van der Waals surface area contributed by atoms with Crippen molar-refractivity contribution in [3.05, 3.63) is 53.6 Å². The summed E-state index contributed by atoms with van der Waals surface area (Å²) in [6.07, 6.45) is 2.56. The van der Waals surface area contributed by atoms with Crippen LogP contribution in [-0.4, -0.2) is 10.9 Å². The maximum absolute atomic E-state index is 12.9. The second-order valence-corrected chi connectivity index (χ2v) is 3.35. The maximum Gasteiger partial charge on any atom is 0.166 e. The van der Waals surface area contributed by atoms with Gasteiger partial charge < -0.3 is 4.57 Å². The molecule has 0 aliphatic heterocycles. The summed E-state index contributed by atoms with van der Waals surface area (Å²) < 4.78 is 14.6. The molecule has 3 heteroatoms. The maximum atomic E-state index is 12.9. The summed E-state index contributed by atoms with van der Waals surface area (Å²) in [6.45, 7) is 1.81. The van der Waals surface area contributed by atoms with Crippen LogP contribution in [-0.2, 0) is 0 Å². The highest BCUT2D eigenvalue weighted by Crippen LogP contribution is 2.17. The molecule has 0 aliphatic carbocycles. The van der Waals surface area contributed by atoms with E-state index in [1.54, 1.807) is 29.0 Å². The summed E-state index contributed by atoms with van der Waals surface area (Å²) >= 11 is 0. The van der Waals surface area contributed by atoms with Crippen LogP contribution >= 0.6 is 0 Å². The normalized spacial score (nSPS) is 10.3. The topological polar surface area (TPSA) is 22.0 Å². The first-order valence-electron chi connectivity index (χ1n) is 4.61. The molecular formula is C12H10FNO. The van der Waals surface area contributed by atoms with Gasteiger partial charge in [-0.3, -0.25) is 4.79 Å². The smallest absolute Gasteiger partial charge is 0.166 e. The minimum Gasteiger partial charge on any atom is -0.314 e. The highest BCUT2D eigenvalue weighted by Gasteiger charge is 2.05. The van der Waals surface area contributed by atoms with Crippen molar-refractivity contribution >= 4 is 6.29 Å². The molecule has 2 nitrogen and oxygen atoms in total. The summed E-state index contributed by atoms with van der Waals surface area (Å²) in [4.78, 5) is 10.7. The summed E-state index contributed by atoms with van der Waals surface area (Å²) in [6, 6.07) is 8.00. The number of carbonyl (C=O) groups excluding carboxylic acids is 1. The fourth-order valence-electron chi connectivity index (χ4n) is 1.60. The van der Waals surface area contributed by atoms with Crippen molar-refractivity contribution in [3.8, 4) is 5.69 Å². The van der Waals surface area contributed by atoms with E-state index in [1.807, 2.05) is 6.92 Å². The zero-order valence-electron chi connectivity index (χ0n) is 8.27. The Morgan fingerprint density at radius 1 is 1.33 bits per heavy atom. The van der Waals surface area contributed by atoms with Crippen LogP contribution < -0.4 is 0 Å². The molecule has 0 atom stereocenters. The highest BCUT2D eigenvalue weighted by molar-refractivity contribution is 5.74. The van der Waals surface area contributed by atoms with Crippen LogP contribution in [0.1, 0.15) is 16.1 Å². The van der Waals surface area contributed by atoms with E-state index in [0.717, 1.165) is 17.5 Å². The molecule has 0 saturated heterocycles. The van der Waals surface area contributed by atoms with E-state index in [4.69, 9.17) is 0 Å². The quantitative estimate of drug-likeness (QED) is 0.688. The predicted octanol–water partition coefficient (Wildman–Crippen LogP) is 2.74. The lowest BCUT2D eigenvalue weighted by atomic mass is 10.2. The standard InChI is InChI=1S/C12H10FNO/c1-9-7-10(13)4-5-12(9)14-6-2-3-11(14)8-15/h2-8H,1H3. The lowest BCUT2D eigenvalue weighted by molar-refractivity contribution is 0.111. The van der Waals surface area contributed by atoms with Crippen LogP contribution in [0.2, 0.25) is 0 Å². The van der Waals surface area contributed by atoms with E-state index in [0.29, 0.717) is 5.69 Å². The number of nitrogens with zero attached hydrogens (tertiary/aromatic N) is 1. The molecule has 1 aromatic carbocycles. The molecular weight excluding hydrogens is 193 g/mol. The van der Waals surface area contributed by atoms with Gasteiger partial charge in [-0.05, 0) is 42.8 Å². The fourth-order valence-corrected chi connectivity index (χ4v) is 1.60. The van der Waals surface area contributed by atoms with Crippen LogP contribution in [0.4, 0.5) is 4.39 Å². The molecule has 0 bridgehead atoms. The summed E-state index contributed by atoms with van der Waals surface area (Å²) in [7, 11) is 0. The van der Waals surface area contributed by atoms with Gasteiger partial charge in [-0.25, -0.2) is 4.39 Å². The van der Waals surface area contributed by atoms with Gasteiger partial charge in [0.2, 0.25) is 0 Å². The Morgan fingerprint density at radius 2 is 2.13 bits per heavy atom. The van der Waals surface area contributed by atoms with Crippen LogP contribution in [0.5, 0.6) is 0 Å². The van der Waals surface area contributed by atoms with Crippen LogP contribution in [0, 0.1) is 12.7 Å². The number of rotatable bonds is 2. The van der Waals surface area contributed by atoms with E-state index < -0.39 is 0 Å². The zero-order chi connectivity index (χ0) is 10.8. The molecule has 0 radical (unpaired) electrons. The van der Waals surface area contributed by atoms with E-state index in [2.05, 4.69) is 0 Å². The molecule has 1 aromatic heterocycles. The third kappa shape index (κ3) is 1.68. The molecule has 0 spiro atoms. The monoisotopic (exact) mass is 203 g/mol. The lowest BCUT2D eigenvalue weighted by Gasteiger charge is -2.08. The van der Waals surface area contributed by atoms with Crippen LogP contribution in [0.15, 0.2) is 36.5 Å². The molecule has 0 unspecified atom stereocenters. The molecule has 0 saturated carbocycles. The summed E-state index contributed by atoms with van der Waals surface area (Å²) in [5.74, 6) is -0.268. The Balaban J connectivity index is 2.59. The van der Waals surface area contributed by atoms with Crippen molar-refractivity contribution in [1.29, 1.82) is 0 Å². The number of benzene rings is 1. The largest absolute Gasteiger partial charge is 0.314 e. The van der Waals surface area contributed by atoms with Crippen molar-refractivity contribution in [1.82, 2.24) is 4.57 Å². The van der Waals surface area contributed by atoms with E-state index in [1.165, 1.54) is 12.1 Å². The Labute approximate surface area is 87.0 Å². The average Bonchev–Trinajstić information content (AvgIpc) is 2.65. The van der Waals surface area contributed by atoms with E-state index >= 15 is 0 Å². The van der Waals surface area contributed by atoms with Gasteiger partial charge in [0.1, 0.15) is 5.82 Å². The minimum atomic E-state index is -0.268. The minimum absolute atomic E-state index is 0.268. The Bertz CT molecular complexity index is 502. The van der Waals surface area contributed by atoms with Crippen LogP contribution in [0.3, 0.4) is 0 Å². The van der Waals surface area contributed by atoms with Crippen molar-refractivity contribution in [2.24, 2.45) is 0 Å². The Kier molecular flexibility index (Phi) is 2.37. The number of aryl methyl sites for hydroxylation is 1. The Morgan fingerprint density at radius 3 is 2.80 bits per heavy atom. The second-order valence-electron chi connectivity index (χ2n) is 3.35. The predicted molar refractivity (Wildman–Crippen MR) is 55.9 cm³/mol. The van der Waals surface area contributed by atoms with Crippen molar-refractivity contribution in [2.45, 2.75) is 6.92 Å². The first-order chi connectivity index (χ1) is 7.22. The number of carbonyl (C=O) groups is 1. The van der Waals surface area contributed by atoms with Gasteiger partial charge in [-0.2, -0.15) is 0 Å². The highest BCUT2D eigenvalue weighted by atomic mass is 19.1. The van der Waals surface area contributed by atoms with Crippen molar-refractivity contribution < 1.29 is 9.18 Å². The number of aldehydes is 1. The van der Waals surface area contributed by atoms with Crippen molar-refractivity contribution in [3.63, 3.8) is 0 Å². The molecule has 2 aromatic rings. The molecule has 0 N–H and O–H groups in total.